The maximum atomic E-state index is 10.5. The number of amides is 1. The molecule has 0 aliphatic carbocycles. The maximum Gasteiger partial charge on any atom is 0.335 e. The molecule has 2 unspecified atom stereocenters. The summed E-state index contributed by atoms with van der Waals surface area (Å²) in [6, 6.07) is 18.1. The van der Waals surface area contributed by atoms with Gasteiger partial charge < -0.3 is 35.8 Å². The van der Waals surface area contributed by atoms with E-state index in [0.29, 0.717) is 18.5 Å². The Balaban J connectivity index is 0.000000360. The van der Waals surface area contributed by atoms with Crippen molar-refractivity contribution < 1.29 is 34.8 Å². The van der Waals surface area contributed by atoms with Gasteiger partial charge >= 0.3 is 5.97 Å². The fraction of sp³-hybridized carbons (Fsp3) is 0.231. The molecular formula is C26H30N2O7. The zero-order valence-corrected chi connectivity index (χ0v) is 19.5. The number of phenols is 2. The topological polar surface area (TPSA) is 148 Å². The first-order chi connectivity index (χ1) is 16.7. The van der Waals surface area contributed by atoms with Gasteiger partial charge in [-0.05, 0) is 73.0 Å². The van der Waals surface area contributed by atoms with Crippen molar-refractivity contribution in [2.45, 2.75) is 25.5 Å². The van der Waals surface area contributed by atoms with Crippen LogP contribution in [0.1, 0.15) is 34.5 Å². The van der Waals surface area contributed by atoms with Crippen molar-refractivity contribution in [3.8, 4) is 17.2 Å². The average Bonchev–Trinajstić information content (AvgIpc) is 2.85. The molecule has 186 valence electrons. The number of carbonyl (C=O) groups excluding carboxylic acids is 1. The molecule has 0 aliphatic rings. The monoisotopic (exact) mass is 482 g/mol. The van der Waals surface area contributed by atoms with E-state index in [4.69, 9.17) is 14.9 Å². The summed E-state index contributed by atoms with van der Waals surface area (Å²) in [6.45, 7) is 2.41. The van der Waals surface area contributed by atoms with Crippen molar-refractivity contribution in [1.29, 1.82) is 0 Å². The van der Waals surface area contributed by atoms with Crippen molar-refractivity contribution in [2.75, 3.05) is 19.0 Å². The maximum absolute atomic E-state index is 10.5. The highest BCUT2D eigenvalue weighted by Gasteiger charge is 2.12. The number of aliphatic hydroxyl groups is 1. The largest absolute Gasteiger partial charge is 0.508 e. The van der Waals surface area contributed by atoms with E-state index in [1.165, 1.54) is 35.9 Å². The van der Waals surface area contributed by atoms with Crippen LogP contribution in [0.4, 0.5) is 5.69 Å². The van der Waals surface area contributed by atoms with E-state index in [2.05, 4.69) is 10.6 Å². The molecule has 0 bridgehead atoms. The first-order valence-corrected chi connectivity index (χ1v) is 10.8. The van der Waals surface area contributed by atoms with Crippen LogP contribution in [-0.2, 0) is 11.2 Å². The third-order valence-corrected chi connectivity index (χ3v) is 5.09. The lowest BCUT2D eigenvalue weighted by molar-refractivity contribution is -0.105. The van der Waals surface area contributed by atoms with E-state index in [-0.39, 0.29) is 28.8 Å². The van der Waals surface area contributed by atoms with Crippen molar-refractivity contribution in [3.63, 3.8) is 0 Å². The predicted molar refractivity (Wildman–Crippen MR) is 132 cm³/mol. The van der Waals surface area contributed by atoms with Crippen molar-refractivity contribution in [2.24, 2.45) is 0 Å². The molecule has 3 rings (SSSR count). The SMILES string of the molecule is COc1ccc(CC(C)NCC(O)c2ccc(O)c(NC=O)c2)cc1.O=C(O)c1ccc(O)cc1. The number of benzene rings is 3. The Kier molecular flexibility index (Phi) is 10.5. The van der Waals surface area contributed by atoms with Crippen LogP contribution in [0.3, 0.4) is 0 Å². The van der Waals surface area contributed by atoms with E-state index in [1.807, 2.05) is 31.2 Å². The second-order valence-corrected chi connectivity index (χ2v) is 7.77. The quantitative estimate of drug-likeness (QED) is 0.190. The van der Waals surface area contributed by atoms with Gasteiger partial charge in [0.05, 0.1) is 24.5 Å². The van der Waals surface area contributed by atoms with Crippen LogP contribution in [0.5, 0.6) is 17.2 Å². The summed E-state index contributed by atoms with van der Waals surface area (Å²) in [7, 11) is 1.64. The first-order valence-electron chi connectivity index (χ1n) is 10.8. The molecule has 0 aromatic heterocycles. The highest BCUT2D eigenvalue weighted by atomic mass is 16.5. The van der Waals surface area contributed by atoms with Crippen LogP contribution >= 0.6 is 0 Å². The van der Waals surface area contributed by atoms with Crippen LogP contribution in [0.15, 0.2) is 66.7 Å². The molecule has 0 heterocycles. The standard InChI is InChI=1S/C19H24N2O4.C7H6O3/c1-13(9-14-3-6-16(25-2)7-4-14)20-11-19(24)15-5-8-18(23)17(10-15)21-12-22;8-6-3-1-5(2-4-6)7(9)10/h3-8,10,12-13,19-20,23-24H,9,11H2,1-2H3,(H,21,22);1-4,8H,(H,9,10). The van der Waals surface area contributed by atoms with Crippen LogP contribution in [0.25, 0.3) is 0 Å². The lowest BCUT2D eigenvalue weighted by Gasteiger charge is -2.18. The molecule has 0 saturated heterocycles. The molecule has 9 heteroatoms. The molecule has 0 radical (unpaired) electrons. The second kappa shape index (κ2) is 13.6. The van der Waals surface area contributed by atoms with Gasteiger partial charge in [0, 0.05) is 12.6 Å². The summed E-state index contributed by atoms with van der Waals surface area (Å²) < 4.78 is 5.14. The van der Waals surface area contributed by atoms with Gasteiger partial charge in [0.1, 0.15) is 17.2 Å². The van der Waals surface area contributed by atoms with Gasteiger partial charge in [-0.25, -0.2) is 4.79 Å². The molecule has 9 nitrogen and oxygen atoms in total. The minimum absolute atomic E-state index is 0.0381. The minimum atomic E-state index is -0.986. The third-order valence-electron chi connectivity index (χ3n) is 5.09. The molecule has 1 amide bonds. The molecule has 0 fully saturated rings. The second-order valence-electron chi connectivity index (χ2n) is 7.77. The van der Waals surface area contributed by atoms with Crippen LogP contribution < -0.4 is 15.4 Å². The molecule has 35 heavy (non-hydrogen) atoms. The average molecular weight is 483 g/mol. The van der Waals surface area contributed by atoms with Gasteiger partial charge in [-0.2, -0.15) is 0 Å². The fourth-order valence-electron chi connectivity index (χ4n) is 3.16. The van der Waals surface area contributed by atoms with Gasteiger partial charge in [-0.3, -0.25) is 4.79 Å². The lowest BCUT2D eigenvalue weighted by atomic mass is 10.1. The Morgan fingerprint density at radius 2 is 1.69 bits per heavy atom. The minimum Gasteiger partial charge on any atom is -0.508 e. The summed E-state index contributed by atoms with van der Waals surface area (Å²) >= 11 is 0. The van der Waals surface area contributed by atoms with Gasteiger partial charge in [-0.15, -0.1) is 0 Å². The van der Waals surface area contributed by atoms with E-state index >= 15 is 0 Å². The Hall–Kier alpha value is -4.08. The number of methoxy groups -OCH3 is 1. The molecular weight excluding hydrogens is 452 g/mol. The smallest absolute Gasteiger partial charge is 0.335 e. The number of anilines is 1. The number of hydrogen-bond acceptors (Lipinski definition) is 7. The summed E-state index contributed by atoms with van der Waals surface area (Å²) in [4.78, 5) is 20.8. The Labute approximate surface area is 203 Å². The number of rotatable bonds is 10. The van der Waals surface area contributed by atoms with Gasteiger partial charge in [-0.1, -0.05) is 18.2 Å². The van der Waals surface area contributed by atoms with Gasteiger partial charge in [0.2, 0.25) is 6.41 Å². The molecule has 3 aromatic carbocycles. The molecule has 0 spiro atoms. The van der Waals surface area contributed by atoms with Crippen molar-refractivity contribution in [3.05, 3.63) is 83.4 Å². The zero-order valence-electron chi connectivity index (χ0n) is 19.5. The van der Waals surface area contributed by atoms with E-state index < -0.39 is 12.1 Å². The third kappa shape index (κ3) is 9.00. The first kappa shape index (κ1) is 27.2. The number of hydrogen-bond donors (Lipinski definition) is 6. The normalized spacial score (nSPS) is 12.0. The van der Waals surface area contributed by atoms with Gasteiger partial charge in [0.25, 0.3) is 0 Å². The van der Waals surface area contributed by atoms with Gasteiger partial charge in [0.15, 0.2) is 0 Å². The number of ether oxygens (including phenoxy) is 1. The number of aliphatic hydroxyl groups excluding tert-OH is 1. The van der Waals surface area contributed by atoms with E-state index in [0.717, 1.165) is 12.2 Å². The summed E-state index contributed by atoms with van der Waals surface area (Å²) in [5.74, 6) is -0.124. The number of carboxylic acid groups (broad SMARTS) is 1. The molecule has 3 aromatic rings. The number of phenolic OH excluding ortho intramolecular Hbond substituents is 2. The van der Waals surface area contributed by atoms with Crippen LogP contribution in [-0.4, -0.2) is 52.5 Å². The van der Waals surface area contributed by atoms with E-state index in [9.17, 15) is 19.8 Å². The number of nitrogens with one attached hydrogen (secondary N) is 2. The number of carbonyl (C=O) groups is 2. The Morgan fingerprint density at radius 1 is 1.03 bits per heavy atom. The number of aromatic carboxylic acids is 1. The van der Waals surface area contributed by atoms with Crippen molar-refractivity contribution in [1.82, 2.24) is 5.32 Å². The van der Waals surface area contributed by atoms with E-state index in [1.54, 1.807) is 19.2 Å². The number of carboxylic acids is 1. The Morgan fingerprint density at radius 3 is 2.26 bits per heavy atom. The summed E-state index contributed by atoms with van der Waals surface area (Å²) in [5, 5.41) is 42.8. The molecule has 2 atom stereocenters. The number of aromatic hydroxyl groups is 2. The highest BCUT2D eigenvalue weighted by Crippen LogP contribution is 2.26. The fourth-order valence-corrected chi connectivity index (χ4v) is 3.16. The zero-order chi connectivity index (χ0) is 25.8. The van der Waals surface area contributed by atoms with Crippen LogP contribution in [0, 0.1) is 0 Å². The Bertz CT molecular complexity index is 1090. The predicted octanol–water partition coefficient (Wildman–Crippen LogP) is 3.31. The van der Waals surface area contributed by atoms with Crippen molar-refractivity contribution >= 4 is 18.1 Å². The molecule has 6 N–H and O–H groups in total. The summed E-state index contributed by atoms with van der Waals surface area (Å²) in [5.41, 5.74) is 2.25. The summed E-state index contributed by atoms with van der Waals surface area (Å²) in [6.07, 6.45) is 0.566. The van der Waals surface area contributed by atoms with Crippen LogP contribution in [0.2, 0.25) is 0 Å². The highest BCUT2D eigenvalue weighted by molar-refractivity contribution is 5.87. The lowest BCUT2D eigenvalue weighted by Crippen LogP contribution is -2.32. The molecule has 0 saturated carbocycles. The molecule has 0 aliphatic heterocycles.